The maximum absolute atomic E-state index is 13.6. The largest absolute Gasteiger partial charge is 0.344 e. The van der Waals surface area contributed by atoms with E-state index in [-0.39, 0.29) is 17.0 Å². The zero-order chi connectivity index (χ0) is 23.4. The predicted octanol–water partition coefficient (Wildman–Crippen LogP) is 4.36. The van der Waals surface area contributed by atoms with Crippen molar-refractivity contribution in [2.45, 2.75) is 32.7 Å². The maximum atomic E-state index is 13.6. The smallest absolute Gasteiger partial charge is 0.251 e. The maximum Gasteiger partial charge on any atom is 0.251 e. The molecular formula is C23H21ClFN7O. The number of benzene rings is 2. The predicted molar refractivity (Wildman–Crippen MR) is 121 cm³/mol. The number of amides is 1. The fourth-order valence-electron chi connectivity index (χ4n) is 3.42. The van der Waals surface area contributed by atoms with Crippen molar-refractivity contribution in [3.05, 3.63) is 82.9 Å². The Labute approximate surface area is 194 Å². The fourth-order valence-corrected chi connectivity index (χ4v) is 3.69. The summed E-state index contributed by atoms with van der Waals surface area (Å²) in [4.78, 5) is 21.5. The molecule has 0 spiro atoms. The lowest BCUT2D eigenvalue weighted by molar-refractivity contribution is 0.0939. The van der Waals surface area contributed by atoms with E-state index in [4.69, 9.17) is 11.6 Å². The first-order valence-corrected chi connectivity index (χ1v) is 10.8. The fraction of sp³-hybridized carbons (Fsp3) is 0.217. The molecule has 4 rings (SSSR count). The highest BCUT2D eigenvalue weighted by molar-refractivity contribution is 6.33. The van der Waals surface area contributed by atoms with E-state index >= 15 is 0 Å². The Kier molecular flexibility index (Phi) is 6.69. The van der Waals surface area contributed by atoms with Gasteiger partial charge in [0.15, 0.2) is 5.82 Å². The average molecular weight is 466 g/mol. The second-order valence-electron chi connectivity index (χ2n) is 7.48. The van der Waals surface area contributed by atoms with Gasteiger partial charge >= 0.3 is 0 Å². The zero-order valence-corrected chi connectivity index (χ0v) is 18.8. The van der Waals surface area contributed by atoms with Gasteiger partial charge in [0.05, 0.1) is 28.6 Å². The van der Waals surface area contributed by atoms with Gasteiger partial charge in [0, 0.05) is 29.9 Å². The zero-order valence-electron chi connectivity index (χ0n) is 18.0. The number of hydrogen-bond acceptors (Lipinski definition) is 6. The number of carbonyl (C=O) groups is 1. The summed E-state index contributed by atoms with van der Waals surface area (Å²) in [6.07, 6.45) is 6.26. The molecule has 10 heteroatoms. The summed E-state index contributed by atoms with van der Waals surface area (Å²) in [6, 6.07) is 8.99. The highest BCUT2D eigenvalue weighted by atomic mass is 35.5. The molecule has 2 aromatic carbocycles. The van der Waals surface area contributed by atoms with E-state index in [1.807, 2.05) is 19.9 Å². The molecule has 2 heterocycles. The molecule has 2 aromatic heterocycles. The van der Waals surface area contributed by atoms with Crippen molar-refractivity contribution in [3.8, 4) is 16.8 Å². The molecule has 0 aliphatic carbocycles. The Morgan fingerprint density at radius 1 is 1.21 bits per heavy atom. The Hall–Kier alpha value is -3.72. The van der Waals surface area contributed by atoms with Gasteiger partial charge < -0.3 is 5.32 Å². The monoisotopic (exact) mass is 465 g/mol. The normalized spacial score (nSPS) is 11.9. The SMILES string of the molecule is CCCc1nnnn1-c1cc(C(=O)NC(C)c2cnccn2)cc(-c2ccc(F)cc2Cl)c1. The lowest BCUT2D eigenvalue weighted by atomic mass is 10.0. The van der Waals surface area contributed by atoms with E-state index in [1.54, 1.807) is 41.5 Å². The molecule has 0 saturated heterocycles. The van der Waals surface area contributed by atoms with Crippen LogP contribution in [0.2, 0.25) is 5.02 Å². The molecular weight excluding hydrogens is 445 g/mol. The Morgan fingerprint density at radius 2 is 2.06 bits per heavy atom. The molecule has 8 nitrogen and oxygen atoms in total. The first kappa shape index (κ1) is 22.5. The summed E-state index contributed by atoms with van der Waals surface area (Å²) in [6.45, 7) is 3.85. The average Bonchev–Trinajstić information content (AvgIpc) is 3.28. The minimum absolute atomic E-state index is 0.233. The highest BCUT2D eigenvalue weighted by Crippen LogP contribution is 2.31. The number of aryl methyl sites for hydroxylation is 1. The summed E-state index contributed by atoms with van der Waals surface area (Å²) in [5.74, 6) is -0.0971. The highest BCUT2D eigenvalue weighted by Gasteiger charge is 2.18. The van der Waals surface area contributed by atoms with Crippen molar-refractivity contribution >= 4 is 17.5 Å². The number of halogens is 2. The van der Waals surface area contributed by atoms with Crippen LogP contribution in [0.3, 0.4) is 0 Å². The number of hydrogen-bond donors (Lipinski definition) is 1. The number of aromatic nitrogens is 6. The summed E-state index contributed by atoms with van der Waals surface area (Å²) < 4.78 is 15.2. The van der Waals surface area contributed by atoms with Gasteiger partial charge in [-0.05, 0) is 65.7 Å². The third-order valence-corrected chi connectivity index (χ3v) is 5.36. The second-order valence-corrected chi connectivity index (χ2v) is 7.88. The third-order valence-electron chi connectivity index (χ3n) is 5.05. The van der Waals surface area contributed by atoms with Crippen molar-refractivity contribution in [1.82, 2.24) is 35.5 Å². The third kappa shape index (κ3) is 5.04. The van der Waals surface area contributed by atoms with Crippen LogP contribution in [0.1, 0.15) is 48.2 Å². The first-order chi connectivity index (χ1) is 16.0. The van der Waals surface area contributed by atoms with Crippen molar-refractivity contribution in [1.29, 1.82) is 0 Å². The molecule has 1 amide bonds. The van der Waals surface area contributed by atoms with Gasteiger partial charge in [-0.15, -0.1) is 5.10 Å². The van der Waals surface area contributed by atoms with E-state index in [1.165, 1.54) is 12.1 Å². The summed E-state index contributed by atoms with van der Waals surface area (Å²) in [7, 11) is 0. The van der Waals surface area contributed by atoms with Crippen LogP contribution in [0.15, 0.2) is 55.0 Å². The molecule has 0 saturated carbocycles. The molecule has 1 N–H and O–H groups in total. The van der Waals surface area contributed by atoms with E-state index in [9.17, 15) is 9.18 Å². The molecule has 168 valence electrons. The Morgan fingerprint density at radius 3 is 2.79 bits per heavy atom. The summed E-state index contributed by atoms with van der Waals surface area (Å²) >= 11 is 6.32. The van der Waals surface area contributed by atoms with Crippen LogP contribution in [0.5, 0.6) is 0 Å². The topological polar surface area (TPSA) is 98.5 Å². The minimum Gasteiger partial charge on any atom is -0.344 e. The standard InChI is InChI=1S/C23H21ClFN7O/c1-3-4-22-29-30-31-32(22)18-10-15(19-6-5-17(25)12-20(19)24)9-16(11-18)23(33)28-14(2)21-13-26-7-8-27-21/h5-14H,3-4H2,1-2H3,(H,28,33). The molecule has 4 aromatic rings. The first-order valence-electron chi connectivity index (χ1n) is 10.4. The second kappa shape index (κ2) is 9.83. The Bertz CT molecular complexity index is 1280. The lowest BCUT2D eigenvalue weighted by Gasteiger charge is -2.15. The van der Waals surface area contributed by atoms with Gasteiger partial charge in [-0.2, -0.15) is 4.68 Å². The van der Waals surface area contributed by atoms with Gasteiger partial charge in [-0.1, -0.05) is 18.5 Å². The lowest BCUT2D eigenvalue weighted by Crippen LogP contribution is -2.27. The van der Waals surface area contributed by atoms with Crippen LogP contribution in [0.25, 0.3) is 16.8 Å². The molecule has 0 aliphatic rings. The van der Waals surface area contributed by atoms with Crippen LogP contribution in [0.4, 0.5) is 4.39 Å². The summed E-state index contributed by atoms with van der Waals surface area (Å²) in [5.41, 5.74) is 2.82. The molecule has 0 bridgehead atoms. The molecule has 1 atom stereocenters. The van der Waals surface area contributed by atoms with Crippen LogP contribution in [-0.2, 0) is 6.42 Å². The van der Waals surface area contributed by atoms with Crippen LogP contribution in [-0.4, -0.2) is 36.1 Å². The Balaban J connectivity index is 1.77. The molecule has 33 heavy (non-hydrogen) atoms. The number of nitrogens with one attached hydrogen (secondary N) is 1. The van der Waals surface area contributed by atoms with Crippen molar-refractivity contribution in [2.24, 2.45) is 0 Å². The molecule has 0 radical (unpaired) electrons. The van der Waals surface area contributed by atoms with Crippen molar-refractivity contribution < 1.29 is 9.18 Å². The van der Waals surface area contributed by atoms with Gasteiger partial charge in [-0.25, -0.2) is 4.39 Å². The summed E-state index contributed by atoms with van der Waals surface area (Å²) in [5, 5.41) is 15.1. The van der Waals surface area contributed by atoms with Gasteiger partial charge in [0.1, 0.15) is 5.82 Å². The van der Waals surface area contributed by atoms with E-state index in [2.05, 4.69) is 30.8 Å². The molecule has 0 fully saturated rings. The van der Waals surface area contributed by atoms with E-state index in [0.29, 0.717) is 40.3 Å². The minimum atomic E-state index is -0.443. The van der Waals surface area contributed by atoms with Crippen molar-refractivity contribution in [2.75, 3.05) is 0 Å². The van der Waals surface area contributed by atoms with E-state index in [0.717, 1.165) is 6.42 Å². The van der Waals surface area contributed by atoms with E-state index < -0.39 is 5.82 Å². The quantitative estimate of drug-likeness (QED) is 0.435. The van der Waals surface area contributed by atoms with Crippen LogP contribution < -0.4 is 5.32 Å². The van der Waals surface area contributed by atoms with Crippen LogP contribution >= 0.6 is 11.6 Å². The van der Waals surface area contributed by atoms with Gasteiger partial charge in [-0.3, -0.25) is 14.8 Å². The number of nitrogens with zero attached hydrogens (tertiary/aromatic N) is 6. The van der Waals surface area contributed by atoms with Crippen LogP contribution in [0, 0.1) is 5.82 Å². The molecule has 0 aliphatic heterocycles. The molecule has 1 unspecified atom stereocenters. The number of carbonyl (C=O) groups excluding carboxylic acids is 1. The number of rotatable bonds is 7. The van der Waals surface area contributed by atoms with Gasteiger partial charge in [0.2, 0.25) is 0 Å². The number of tetrazole rings is 1. The van der Waals surface area contributed by atoms with Gasteiger partial charge in [0.25, 0.3) is 5.91 Å². The van der Waals surface area contributed by atoms with Crippen molar-refractivity contribution in [3.63, 3.8) is 0 Å².